The minimum Gasteiger partial charge on any atom is -0.361 e. The molecule has 2 atom stereocenters. The first kappa shape index (κ1) is 19.1. The standard InChI is InChI=1S/C25H28N4O/c1-3-28(4-2)25(30)19-11-21-20-8-5-9-22-24(20)18(14-27-22)12-23(21)29(16-19)15-17-7-6-10-26-13-17/h5-11,13-14,19,23,27H,3-4,12,15-16H2,1-2H3/p+1/t19-,23-/m1/s1. The van der Waals surface area contributed by atoms with E-state index in [0.29, 0.717) is 6.04 Å². The van der Waals surface area contributed by atoms with Gasteiger partial charge in [-0.15, -0.1) is 0 Å². The summed E-state index contributed by atoms with van der Waals surface area (Å²) in [6, 6.07) is 11.0. The number of fused-ring (bicyclic) bond motifs is 2. The van der Waals surface area contributed by atoms with Crippen molar-refractivity contribution in [3.8, 4) is 0 Å². The maximum absolute atomic E-state index is 13.3. The molecule has 5 nitrogen and oxygen atoms in total. The van der Waals surface area contributed by atoms with Crippen molar-refractivity contribution in [2.45, 2.75) is 32.9 Å². The normalized spacial score (nSPS) is 20.7. The Kier molecular flexibility index (Phi) is 4.91. The van der Waals surface area contributed by atoms with E-state index in [2.05, 4.69) is 71.5 Å². The second kappa shape index (κ2) is 7.73. The molecule has 1 aromatic carbocycles. The van der Waals surface area contributed by atoms with Crippen LogP contribution in [-0.2, 0) is 17.8 Å². The highest BCUT2D eigenvalue weighted by atomic mass is 16.2. The van der Waals surface area contributed by atoms with Gasteiger partial charge in [0.1, 0.15) is 0 Å². The van der Waals surface area contributed by atoms with Crippen molar-refractivity contribution in [1.29, 1.82) is 0 Å². The molecule has 154 valence electrons. The van der Waals surface area contributed by atoms with Crippen molar-refractivity contribution in [2.75, 3.05) is 19.6 Å². The summed E-state index contributed by atoms with van der Waals surface area (Å²) in [5.41, 5.74) is 6.39. The second-order valence-electron chi connectivity index (χ2n) is 8.34. The summed E-state index contributed by atoms with van der Waals surface area (Å²) in [6.45, 7) is 7.22. The molecule has 2 N–H and O–H groups in total. The van der Waals surface area contributed by atoms with E-state index in [0.717, 1.165) is 32.6 Å². The fourth-order valence-electron chi connectivity index (χ4n) is 5.19. The van der Waals surface area contributed by atoms with Crippen LogP contribution in [0.15, 0.2) is 55.0 Å². The molecule has 1 amide bonds. The summed E-state index contributed by atoms with van der Waals surface area (Å²) in [5, 5.41) is 1.32. The zero-order valence-corrected chi connectivity index (χ0v) is 17.7. The van der Waals surface area contributed by atoms with Gasteiger partial charge in [-0.25, -0.2) is 4.98 Å². The Morgan fingerprint density at radius 1 is 1.23 bits per heavy atom. The molecular weight excluding hydrogens is 372 g/mol. The minimum absolute atomic E-state index is 0.111. The van der Waals surface area contributed by atoms with Gasteiger partial charge in [0.25, 0.3) is 0 Å². The number of rotatable bonds is 5. The first-order chi connectivity index (χ1) is 14.7. The fraction of sp³-hybridized carbons (Fsp3) is 0.360. The average Bonchev–Trinajstić information content (AvgIpc) is 3.20. The van der Waals surface area contributed by atoms with E-state index in [4.69, 9.17) is 0 Å². The Morgan fingerprint density at radius 2 is 2.10 bits per heavy atom. The predicted octanol–water partition coefficient (Wildman–Crippen LogP) is 3.29. The fourth-order valence-corrected chi connectivity index (χ4v) is 5.19. The van der Waals surface area contributed by atoms with Crippen LogP contribution in [0, 0.1) is 5.92 Å². The number of aromatic amines is 2. The molecule has 1 aliphatic carbocycles. The number of carbonyl (C=O) groups excluding carboxylic acids is 1. The van der Waals surface area contributed by atoms with Crippen LogP contribution in [0.2, 0.25) is 0 Å². The Morgan fingerprint density at radius 3 is 2.87 bits per heavy atom. The third-order valence-corrected chi connectivity index (χ3v) is 6.67. The SMILES string of the molecule is CCN(CC)C(=O)[C@@H]1C=C2c3cccc4[nH]cc(c34)C[C@H]2N(Cc2ccc[nH+]c2)C1. The Labute approximate surface area is 177 Å². The van der Waals surface area contributed by atoms with E-state index in [-0.39, 0.29) is 11.8 Å². The number of amides is 1. The van der Waals surface area contributed by atoms with Crippen LogP contribution in [0.1, 0.15) is 30.5 Å². The third-order valence-electron chi connectivity index (χ3n) is 6.67. The molecule has 30 heavy (non-hydrogen) atoms. The van der Waals surface area contributed by atoms with Gasteiger partial charge < -0.3 is 9.88 Å². The van der Waals surface area contributed by atoms with Crippen molar-refractivity contribution in [2.24, 2.45) is 5.92 Å². The highest BCUT2D eigenvalue weighted by molar-refractivity contribution is 5.99. The van der Waals surface area contributed by atoms with Crippen LogP contribution in [0.5, 0.6) is 0 Å². The monoisotopic (exact) mass is 401 g/mol. The van der Waals surface area contributed by atoms with Gasteiger partial charge in [-0.3, -0.25) is 9.69 Å². The van der Waals surface area contributed by atoms with Gasteiger partial charge in [-0.05, 0) is 49.1 Å². The maximum atomic E-state index is 13.3. The number of H-pyrrole nitrogens is 2. The van der Waals surface area contributed by atoms with Crippen LogP contribution >= 0.6 is 0 Å². The molecule has 2 aromatic heterocycles. The Bertz CT molecular complexity index is 1100. The van der Waals surface area contributed by atoms with Gasteiger partial charge in [0.2, 0.25) is 5.91 Å². The Hall–Kier alpha value is -2.92. The minimum atomic E-state index is -0.111. The van der Waals surface area contributed by atoms with Gasteiger partial charge in [0.05, 0.1) is 5.92 Å². The molecule has 0 radical (unpaired) electrons. The van der Waals surface area contributed by atoms with Crippen LogP contribution < -0.4 is 4.98 Å². The largest absolute Gasteiger partial charge is 0.361 e. The number of hydrogen-bond acceptors (Lipinski definition) is 2. The van der Waals surface area contributed by atoms with Crippen LogP contribution in [0.3, 0.4) is 0 Å². The maximum Gasteiger partial charge on any atom is 0.230 e. The lowest BCUT2D eigenvalue weighted by Gasteiger charge is -2.42. The third kappa shape index (κ3) is 3.14. The number of carbonyl (C=O) groups is 1. The number of nitrogens with zero attached hydrogens (tertiary/aromatic N) is 2. The van der Waals surface area contributed by atoms with Crippen molar-refractivity contribution >= 4 is 22.4 Å². The molecule has 0 unspecified atom stereocenters. The average molecular weight is 402 g/mol. The first-order valence-electron chi connectivity index (χ1n) is 11.0. The van der Waals surface area contributed by atoms with Crippen LogP contribution in [0.25, 0.3) is 16.5 Å². The van der Waals surface area contributed by atoms with E-state index in [1.807, 2.05) is 17.2 Å². The van der Waals surface area contributed by atoms with Gasteiger partial charge in [0.15, 0.2) is 12.4 Å². The lowest BCUT2D eigenvalue weighted by atomic mass is 9.79. The van der Waals surface area contributed by atoms with E-state index in [1.54, 1.807) is 0 Å². The zero-order chi connectivity index (χ0) is 20.7. The summed E-state index contributed by atoms with van der Waals surface area (Å²) >= 11 is 0. The van der Waals surface area contributed by atoms with Gasteiger partial charge >= 0.3 is 0 Å². The first-order valence-corrected chi connectivity index (χ1v) is 11.0. The number of pyridine rings is 1. The molecule has 3 heterocycles. The molecule has 0 fully saturated rings. The van der Waals surface area contributed by atoms with E-state index >= 15 is 0 Å². The number of hydrogen-bond donors (Lipinski definition) is 1. The highest BCUT2D eigenvalue weighted by Crippen LogP contribution is 2.41. The predicted molar refractivity (Wildman–Crippen MR) is 119 cm³/mol. The quantitative estimate of drug-likeness (QED) is 0.713. The smallest absolute Gasteiger partial charge is 0.230 e. The number of benzene rings is 1. The summed E-state index contributed by atoms with van der Waals surface area (Å²) in [6.07, 6.45) is 9.40. The molecule has 1 aliphatic heterocycles. The lowest BCUT2D eigenvalue weighted by molar-refractivity contribution is -0.378. The summed E-state index contributed by atoms with van der Waals surface area (Å²) < 4.78 is 0. The molecule has 0 saturated heterocycles. The lowest BCUT2D eigenvalue weighted by Crippen LogP contribution is -2.49. The highest BCUT2D eigenvalue weighted by Gasteiger charge is 2.38. The molecule has 5 rings (SSSR count). The Balaban J connectivity index is 1.58. The topological polar surface area (TPSA) is 53.5 Å². The van der Waals surface area contributed by atoms with Gasteiger partial charge in [0, 0.05) is 61.0 Å². The van der Waals surface area contributed by atoms with E-state index in [1.165, 1.54) is 33.2 Å². The molecule has 0 saturated carbocycles. The summed E-state index contributed by atoms with van der Waals surface area (Å²) in [4.78, 5) is 24.4. The van der Waals surface area contributed by atoms with E-state index in [9.17, 15) is 4.79 Å². The van der Waals surface area contributed by atoms with Gasteiger partial charge in [-0.2, -0.15) is 0 Å². The number of aromatic nitrogens is 2. The molecule has 3 aromatic rings. The molecule has 0 spiro atoms. The summed E-state index contributed by atoms with van der Waals surface area (Å²) in [7, 11) is 0. The van der Waals surface area contributed by atoms with Crippen molar-refractivity contribution in [3.63, 3.8) is 0 Å². The van der Waals surface area contributed by atoms with Gasteiger partial charge in [-0.1, -0.05) is 18.2 Å². The van der Waals surface area contributed by atoms with Crippen molar-refractivity contribution in [1.82, 2.24) is 14.8 Å². The van der Waals surface area contributed by atoms with Crippen molar-refractivity contribution < 1.29 is 9.78 Å². The van der Waals surface area contributed by atoms with Crippen LogP contribution in [-0.4, -0.2) is 46.4 Å². The van der Waals surface area contributed by atoms with E-state index < -0.39 is 0 Å². The van der Waals surface area contributed by atoms with Crippen LogP contribution in [0.4, 0.5) is 0 Å². The molecule has 5 heteroatoms. The second-order valence-corrected chi connectivity index (χ2v) is 8.34. The summed E-state index contributed by atoms with van der Waals surface area (Å²) in [5.74, 6) is 0.127. The molecular formula is C25H29N4O+. The molecule has 2 aliphatic rings. The zero-order valence-electron chi connectivity index (χ0n) is 17.7. The number of nitrogens with one attached hydrogen (secondary N) is 2. The van der Waals surface area contributed by atoms with Crippen molar-refractivity contribution in [3.05, 3.63) is 71.7 Å². The molecule has 0 bridgehead atoms.